The minimum atomic E-state index is -0.538. The predicted molar refractivity (Wildman–Crippen MR) is 242 cm³/mol. The normalized spacial score (nSPS) is 13.1. The van der Waals surface area contributed by atoms with Gasteiger partial charge in [0.15, 0.2) is 0 Å². The molecule has 0 aliphatic heterocycles. The smallest absolute Gasteiger partial charge is 0.0622 e. The van der Waals surface area contributed by atoms with Gasteiger partial charge in [-0.15, -0.1) is 0 Å². The Kier molecular flexibility index (Phi) is 6.94. The molecule has 0 nitrogen and oxygen atoms in total. The SMILES string of the molecule is c1ccc(C2(c3ccccc3)c3cc(-c4c5ccccc5cc5c4ccc4ccccc45)ccc3-c3cc4c(-c5ccc6ccccc6c5)cccc4cc32)cc1. The molecule has 264 valence electrons. The second-order valence-corrected chi connectivity index (χ2v) is 15.6. The lowest BCUT2D eigenvalue weighted by Gasteiger charge is -2.34. The lowest BCUT2D eigenvalue weighted by molar-refractivity contribution is 0.770. The number of hydrogen-bond donors (Lipinski definition) is 0. The van der Waals surface area contributed by atoms with Crippen LogP contribution in [0.25, 0.3) is 87.2 Å². The van der Waals surface area contributed by atoms with Crippen molar-refractivity contribution < 1.29 is 0 Å². The fourth-order valence-corrected chi connectivity index (χ4v) is 10.2. The van der Waals surface area contributed by atoms with Crippen molar-refractivity contribution in [2.45, 2.75) is 5.41 Å². The van der Waals surface area contributed by atoms with E-state index in [0.29, 0.717) is 0 Å². The highest BCUT2D eigenvalue weighted by Gasteiger charge is 2.46. The van der Waals surface area contributed by atoms with E-state index in [1.807, 2.05) is 0 Å². The summed E-state index contributed by atoms with van der Waals surface area (Å²) < 4.78 is 0. The number of hydrogen-bond acceptors (Lipinski definition) is 0. The van der Waals surface area contributed by atoms with Gasteiger partial charge in [0, 0.05) is 0 Å². The summed E-state index contributed by atoms with van der Waals surface area (Å²) in [7, 11) is 0. The van der Waals surface area contributed by atoms with Crippen molar-refractivity contribution >= 4 is 53.9 Å². The maximum atomic E-state index is 2.53. The van der Waals surface area contributed by atoms with Gasteiger partial charge in [0.25, 0.3) is 0 Å². The van der Waals surface area contributed by atoms with Crippen LogP contribution in [0.2, 0.25) is 0 Å². The first-order valence-electron chi connectivity index (χ1n) is 19.9. The maximum Gasteiger partial charge on any atom is 0.0714 e. The molecule has 1 aliphatic carbocycles. The molecular formula is C57H36. The zero-order valence-electron chi connectivity index (χ0n) is 31.3. The van der Waals surface area contributed by atoms with Gasteiger partial charge >= 0.3 is 0 Å². The topological polar surface area (TPSA) is 0 Å². The van der Waals surface area contributed by atoms with E-state index < -0.39 is 5.41 Å². The van der Waals surface area contributed by atoms with E-state index in [4.69, 9.17) is 0 Å². The van der Waals surface area contributed by atoms with E-state index in [2.05, 4.69) is 218 Å². The van der Waals surface area contributed by atoms with E-state index in [1.165, 1.54) is 109 Å². The van der Waals surface area contributed by atoms with Crippen LogP contribution in [0, 0.1) is 0 Å². The molecular weight excluding hydrogens is 685 g/mol. The Hall–Kier alpha value is -7.28. The van der Waals surface area contributed by atoms with Gasteiger partial charge in [-0.2, -0.15) is 0 Å². The van der Waals surface area contributed by atoms with Gasteiger partial charge in [-0.1, -0.05) is 188 Å². The first-order valence-corrected chi connectivity index (χ1v) is 19.9. The van der Waals surface area contributed by atoms with Crippen molar-refractivity contribution in [1.29, 1.82) is 0 Å². The molecule has 0 N–H and O–H groups in total. The quantitative estimate of drug-likeness (QED) is 0.125. The van der Waals surface area contributed by atoms with Crippen molar-refractivity contribution in [3.63, 3.8) is 0 Å². The molecule has 0 saturated carbocycles. The third kappa shape index (κ3) is 4.68. The second kappa shape index (κ2) is 12.4. The van der Waals surface area contributed by atoms with Gasteiger partial charge in [-0.3, -0.25) is 0 Å². The summed E-state index contributed by atoms with van der Waals surface area (Å²) in [6, 6.07) is 81.7. The Morgan fingerprint density at radius 2 is 0.842 bits per heavy atom. The average molecular weight is 721 g/mol. The highest BCUT2D eigenvalue weighted by atomic mass is 14.5. The Bertz CT molecular complexity index is 3350. The van der Waals surface area contributed by atoms with Gasteiger partial charge in [0.05, 0.1) is 5.41 Å². The number of benzene rings is 11. The predicted octanol–water partition coefficient (Wildman–Crippen LogP) is 15.1. The van der Waals surface area contributed by atoms with Crippen molar-refractivity contribution in [3.8, 4) is 33.4 Å². The molecule has 0 unspecified atom stereocenters. The molecule has 0 radical (unpaired) electrons. The van der Waals surface area contributed by atoms with Crippen LogP contribution in [0.5, 0.6) is 0 Å². The van der Waals surface area contributed by atoms with Gasteiger partial charge < -0.3 is 0 Å². The fourth-order valence-electron chi connectivity index (χ4n) is 10.2. The van der Waals surface area contributed by atoms with Crippen molar-refractivity contribution in [2.24, 2.45) is 0 Å². The number of fused-ring (bicyclic) bond motifs is 9. The highest BCUT2D eigenvalue weighted by molar-refractivity contribution is 6.20. The van der Waals surface area contributed by atoms with E-state index in [0.717, 1.165) is 0 Å². The minimum absolute atomic E-state index is 0.538. The molecule has 1 aliphatic rings. The molecule has 11 aromatic rings. The van der Waals surface area contributed by atoms with E-state index in [-0.39, 0.29) is 0 Å². The summed E-state index contributed by atoms with van der Waals surface area (Å²) in [6.07, 6.45) is 0. The summed E-state index contributed by atoms with van der Waals surface area (Å²) in [5.74, 6) is 0. The largest absolute Gasteiger partial charge is 0.0714 e. The summed E-state index contributed by atoms with van der Waals surface area (Å²) in [5.41, 5.74) is 12.2. The molecule has 0 fully saturated rings. The van der Waals surface area contributed by atoms with E-state index in [9.17, 15) is 0 Å². The van der Waals surface area contributed by atoms with Crippen LogP contribution in [-0.2, 0) is 5.41 Å². The number of rotatable bonds is 4. The lowest BCUT2D eigenvalue weighted by atomic mass is 9.67. The van der Waals surface area contributed by atoms with Crippen LogP contribution in [-0.4, -0.2) is 0 Å². The third-order valence-electron chi connectivity index (χ3n) is 12.7. The zero-order chi connectivity index (χ0) is 37.5. The standard InChI is InChI=1S/C57H36/c1-3-19-44(20-4-1)57(45-21-5-2-6-22-45)54-35-43(56-48-24-12-10-17-40(48)33-52-46-23-11-9-15-38(46)28-31-50(52)56)29-30-49(54)53-36-51-41(34-55(53)57)18-13-25-47(51)42-27-26-37-14-7-8-16-39(37)32-42/h1-36H. The van der Waals surface area contributed by atoms with E-state index >= 15 is 0 Å². The Morgan fingerprint density at radius 3 is 1.63 bits per heavy atom. The first-order chi connectivity index (χ1) is 28.3. The van der Waals surface area contributed by atoms with Crippen molar-refractivity contribution in [2.75, 3.05) is 0 Å². The van der Waals surface area contributed by atoms with Gasteiger partial charge in [0.1, 0.15) is 0 Å². The zero-order valence-corrected chi connectivity index (χ0v) is 31.3. The van der Waals surface area contributed by atoms with Crippen LogP contribution in [0.15, 0.2) is 218 Å². The summed E-state index contributed by atoms with van der Waals surface area (Å²) in [6.45, 7) is 0. The first kappa shape index (κ1) is 32.0. The molecule has 0 saturated heterocycles. The minimum Gasteiger partial charge on any atom is -0.0622 e. The van der Waals surface area contributed by atoms with Crippen LogP contribution in [0.1, 0.15) is 22.3 Å². The van der Waals surface area contributed by atoms with Crippen LogP contribution in [0.4, 0.5) is 0 Å². The molecule has 0 aromatic heterocycles. The molecule has 0 atom stereocenters. The van der Waals surface area contributed by atoms with Gasteiger partial charge in [0.2, 0.25) is 0 Å². The molecule has 12 rings (SSSR count). The second-order valence-electron chi connectivity index (χ2n) is 15.6. The Balaban J connectivity index is 1.19. The van der Waals surface area contributed by atoms with Gasteiger partial charge in [-0.25, -0.2) is 0 Å². The molecule has 11 aromatic carbocycles. The van der Waals surface area contributed by atoms with Crippen LogP contribution >= 0.6 is 0 Å². The monoisotopic (exact) mass is 720 g/mol. The Labute approximate surface area is 331 Å². The molecule has 0 bridgehead atoms. The Morgan fingerprint density at radius 1 is 0.246 bits per heavy atom. The van der Waals surface area contributed by atoms with Crippen molar-refractivity contribution in [1.82, 2.24) is 0 Å². The van der Waals surface area contributed by atoms with Crippen LogP contribution < -0.4 is 0 Å². The molecule has 57 heavy (non-hydrogen) atoms. The van der Waals surface area contributed by atoms with Crippen molar-refractivity contribution in [3.05, 3.63) is 241 Å². The van der Waals surface area contributed by atoms with E-state index in [1.54, 1.807) is 0 Å². The molecule has 0 heteroatoms. The fraction of sp³-hybridized carbons (Fsp3) is 0.0175. The molecule has 0 spiro atoms. The van der Waals surface area contributed by atoms with Crippen LogP contribution in [0.3, 0.4) is 0 Å². The molecule has 0 heterocycles. The summed E-state index contributed by atoms with van der Waals surface area (Å²) in [5, 5.41) is 12.7. The third-order valence-corrected chi connectivity index (χ3v) is 12.7. The summed E-state index contributed by atoms with van der Waals surface area (Å²) >= 11 is 0. The molecule has 0 amide bonds. The summed E-state index contributed by atoms with van der Waals surface area (Å²) in [4.78, 5) is 0. The average Bonchev–Trinajstić information content (AvgIpc) is 3.56. The maximum absolute atomic E-state index is 2.53. The lowest BCUT2D eigenvalue weighted by Crippen LogP contribution is -2.28. The van der Waals surface area contributed by atoms with Gasteiger partial charge in [-0.05, 0) is 140 Å². The highest BCUT2D eigenvalue weighted by Crippen LogP contribution is 2.58.